The van der Waals surface area contributed by atoms with Crippen molar-refractivity contribution >= 4 is 5.91 Å². The molecule has 0 aliphatic heterocycles. The Morgan fingerprint density at radius 3 is 2.95 bits per heavy atom. The van der Waals surface area contributed by atoms with Crippen molar-refractivity contribution in [3.05, 3.63) is 35.4 Å². The Bertz CT molecular complexity index is 509. The average molecular weight is 257 g/mol. The number of nitrogens with zero attached hydrogens (tertiary/aromatic N) is 1. The van der Waals surface area contributed by atoms with Crippen LogP contribution in [-0.2, 0) is 11.3 Å². The lowest BCUT2D eigenvalue weighted by Gasteiger charge is -2.17. The molecule has 0 atom stereocenters. The fourth-order valence-electron chi connectivity index (χ4n) is 1.98. The smallest absolute Gasteiger partial charge is 0.222 e. The Labute approximate surface area is 114 Å². The number of rotatable bonds is 4. The molecule has 0 bridgehead atoms. The summed E-state index contributed by atoms with van der Waals surface area (Å²) >= 11 is 0. The molecule has 1 aliphatic carbocycles. The number of hydrogen-bond acceptors (Lipinski definition) is 2. The van der Waals surface area contributed by atoms with Crippen molar-refractivity contribution in [2.75, 3.05) is 13.7 Å². The van der Waals surface area contributed by atoms with E-state index < -0.39 is 0 Å². The molecule has 3 heteroatoms. The average Bonchev–Trinajstić information content (AvgIpc) is 3.20. The highest BCUT2D eigenvalue weighted by Gasteiger charge is 2.25. The normalized spacial score (nSPS) is 13.6. The highest BCUT2D eigenvalue weighted by molar-refractivity contribution is 5.76. The van der Waals surface area contributed by atoms with Gasteiger partial charge in [-0.3, -0.25) is 4.79 Å². The van der Waals surface area contributed by atoms with E-state index in [1.54, 1.807) is 4.90 Å². The van der Waals surface area contributed by atoms with Gasteiger partial charge in [0.2, 0.25) is 5.91 Å². The third-order valence-electron chi connectivity index (χ3n) is 3.24. The van der Waals surface area contributed by atoms with Crippen LogP contribution in [0.25, 0.3) is 0 Å². The van der Waals surface area contributed by atoms with Crippen LogP contribution in [0.5, 0.6) is 0 Å². The van der Waals surface area contributed by atoms with Gasteiger partial charge in [0.05, 0.1) is 0 Å². The molecule has 0 aromatic heterocycles. The zero-order valence-corrected chi connectivity index (χ0v) is 11.2. The topological polar surface area (TPSA) is 40.5 Å². The Morgan fingerprint density at radius 2 is 2.26 bits per heavy atom. The molecule has 3 nitrogen and oxygen atoms in total. The standard InChI is InChI=1S/C16H19NO2/c1-17(16(19)11-14-7-8-14)12-15-5-2-4-13(10-15)6-3-9-18/h2,4-5,10,14,18H,7-9,11-12H2,1H3. The predicted octanol–water partition coefficient (Wildman–Crippen LogP) is 1.79. The third kappa shape index (κ3) is 4.42. The van der Waals surface area contributed by atoms with Crippen LogP contribution in [0.3, 0.4) is 0 Å². The minimum atomic E-state index is -0.135. The lowest BCUT2D eigenvalue weighted by Crippen LogP contribution is -2.26. The number of carbonyl (C=O) groups excluding carboxylic acids is 1. The van der Waals surface area contributed by atoms with Crippen molar-refractivity contribution in [3.8, 4) is 11.8 Å². The summed E-state index contributed by atoms with van der Waals surface area (Å²) in [4.78, 5) is 13.7. The summed E-state index contributed by atoms with van der Waals surface area (Å²) in [5.41, 5.74) is 1.94. The maximum atomic E-state index is 11.9. The van der Waals surface area contributed by atoms with Gasteiger partial charge in [0, 0.05) is 25.6 Å². The maximum Gasteiger partial charge on any atom is 0.222 e. The monoisotopic (exact) mass is 257 g/mol. The van der Waals surface area contributed by atoms with Crippen LogP contribution >= 0.6 is 0 Å². The Balaban J connectivity index is 1.95. The molecule has 19 heavy (non-hydrogen) atoms. The highest BCUT2D eigenvalue weighted by atomic mass is 16.2. The van der Waals surface area contributed by atoms with Crippen LogP contribution in [0.15, 0.2) is 24.3 Å². The van der Waals surface area contributed by atoms with Crippen LogP contribution < -0.4 is 0 Å². The van der Waals surface area contributed by atoms with E-state index in [0.29, 0.717) is 18.9 Å². The molecular weight excluding hydrogens is 238 g/mol. The van der Waals surface area contributed by atoms with Gasteiger partial charge < -0.3 is 10.0 Å². The Hall–Kier alpha value is -1.79. The van der Waals surface area contributed by atoms with Crippen molar-refractivity contribution in [1.29, 1.82) is 0 Å². The van der Waals surface area contributed by atoms with Crippen LogP contribution in [0.4, 0.5) is 0 Å². The van der Waals surface area contributed by atoms with Gasteiger partial charge in [0.15, 0.2) is 0 Å². The number of aliphatic hydroxyl groups is 1. The molecule has 1 aromatic rings. The molecule has 0 saturated heterocycles. The predicted molar refractivity (Wildman–Crippen MR) is 74.2 cm³/mol. The van der Waals surface area contributed by atoms with Gasteiger partial charge in [0.25, 0.3) is 0 Å². The lowest BCUT2D eigenvalue weighted by atomic mass is 10.1. The quantitative estimate of drug-likeness (QED) is 0.835. The summed E-state index contributed by atoms with van der Waals surface area (Å²) in [6, 6.07) is 7.78. The van der Waals surface area contributed by atoms with Crippen molar-refractivity contribution < 1.29 is 9.90 Å². The maximum absolute atomic E-state index is 11.9. The molecule has 0 heterocycles. The van der Waals surface area contributed by atoms with E-state index in [1.807, 2.05) is 31.3 Å². The summed E-state index contributed by atoms with van der Waals surface area (Å²) in [6.07, 6.45) is 3.08. The van der Waals surface area contributed by atoms with Crippen LogP contribution in [0, 0.1) is 17.8 Å². The molecule has 1 N–H and O–H groups in total. The summed E-state index contributed by atoms with van der Waals surface area (Å²) in [7, 11) is 1.84. The van der Waals surface area contributed by atoms with Crippen LogP contribution in [0.2, 0.25) is 0 Å². The van der Waals surface area contributed by atoms with Crippen LogP contribution in [-0.4, -0.2) is 29.6 Å². The first kappa shape index (κ1) is 13.6. The Kier molecular flexibility index (Phi) is 4.59. The zero-order chi connectivity index (χ0) is 13.7. The van der Waals surface area contributed by atoms with Crippen molar-refractivity contribution in [1.82, 2.24) is 4.90 Å². The summed E-state index contributed by atoms with van der Waals surface area (Å²) < 4.78 is 0. The van der Waals surface area contributed by atoms with Crippen LogP contribution in [0.1, 0.15) is 30.4 Å². The van der Waals surface area contributed by atoms with Gasteiger partial charge in [-0.15, -0.1) is 0 Å². The first-order valence-corrected chi connectivity index (χ1v) is 6.61. The molecule has 1 saturated carbocycles. The SMILES string of the molecule is CN(Cc1cccc(C#CCO)c1)C(=O)CC1CC1. The van der Waals surface area contributed by atoms with E-state index in [4.69, 9.17) is 5.11 Å². The van der Waals surface area contributed by atoms with E-state index in [1.165, 1.54) is 12.8 Å². The molecule has 1 amide bonds. The van der Waals surface area contributed by atoms with Gasteiger partial charge in [0.1, 0.15) is 6.61 Å². The molecule has 1 aromatic carbocycles. The van der Waals surface area contributed by atoms with E-state index >= 15 is 0 Å². The fraction of sp³-hybridized carbons (Fsp3) is 0.438. The molecule has 1 aliphatic rings. The van der Waals surface area contributed by atoms with Gasteiger partial charge in [-0.25, -0.2) is 0 Å². The van der Waals surface area contributed by atoms with Gasteiger partial charge in [-0.1, -0.05) is 24.0 Å². The molecule has 0 spiro atoms. The summed E-state index contributed by atoms with van der Waals surface area (Å²) in [5.74, 6) is 6.34. The minimum absolute atomic E-state index is 0.135. The largest absolute Gasteiger partial charge is 0.384 e. The van der Waals surface area contributed by atoms with Gasteiger partial charge in [-0.2, -0.15) is 0 Å². The first-order chi connectivity index (χ1) is 9.19. The number of aliphatic hydroxyl groups excluding tert-OH is 1. The third-order valence-corrected chi connectivity index (χ3v) is 3.24. The second-order valence-corrected chi connectivity index (χ2v) is 5.06. The van der Waals surface area contributed by atoms with Gasteiger partial charge in [-0.05, 0) is 36.5 Å². The molecular formula is C16H19NO2. The van der Waals surface area contributed by atoms with Gasteiger partial charge >= 0.3 is 0 Å². The minimum Gasteiger partial charge on any atom is -0.384 e. The lowest BCUT2D eigenvalue weighted by molar-refractivity contribution is -0.130. The van der Waals surface area contributed by atoms with E-state index in [9.17, 15) is 4.79 Å². The highest BCUT2D eigenvalue weighted by Crippen LogP contribution is 2.32. The van der Waals surface area contributed by atoms with Crippen molar-refractivity contribution in [2.24, 2.45) is 5.92 Å². The number of benzene rings is 1. The van der Waals surface area contributed by atoms with E-state index in [0.717, 1.165) is 11.1 Å². The second kappa shape index (κ2) is 6.40. The van der Waals surface area contributed by atoms with E-state index in [-0.39, 0.29) is 12.5 Å². The number of carbonyl (C=O) groups is 1. The molecule has 100 valence electrons. The Morgan fingerprint density at radius 1 is 1.47 bits per heavy atom. The molecule has 2 rings (SSSR count). The molecule has 0 radical (unpaired) electrons. The van der Waals surface area contributed by atoms with E-state index in [2.05, 4.69) is 11.8 Å². The molecule has 1 fully saturated rings. The first-order valence-electron chi connectivity index (χ1n) is 6.61. The second-order valence-electron chi connectivity index (χ2n) is 5.06. The number of hydrogen-bond donors (Lipinski definition) is 1. The van der Waals surface area contributed by atoms with Crippen molar-refractivity contribution in [3.63, 3.8) is 0 Å². The van der Waals surface area contributed by atoms with Crippen molar-refractivity contribution in [2.45, 2.75) is 25.8 Å². The summed E-state index contributed by atoms with van der Waals surface area (Å²) in [6.45, 7) is 0.476. The number of amides is 1. The summed E-state index contributed by atoms with van der Waals surface area (Å²) in [5, 5.41) is 8.68. The fourth-order valence-corrected chi connectivity index (χ4v) is 1.98. The molecule has 0 unspecified atom stereocenters. The zero-order valence-electron chi connectivity index (χ0n) is 11.2.